The van der Waals surface area contributed by atoms with Crippen LogP contribution in [0.25, 0.3) is 0 Å². The second-order valence-corrected chi connectivity index (χ2v) is 6.50. The maximum Gasteiger partial charge on any atom is 0.351 e. The van der Waals surface area contributed by atoms with Crippen molar-refractivity contribution in [2.75, 3.05) is 12.3 Å². The molecule has 1 aliphatic heterocycles. The number of rotatable bonds is 4. The summed E-state index contributed by atoms with van der Waals surface area (Å²) in [5.74, 6) is -0.479. The summed E-state index contributed by atoms with van der Waals surface area (Å²) in [6.45, 7) is 3.21. The van der Waals surface area contributed by atoms with Crippen LogP contribution in [-0.2, 0) is 14.3 Å². The third-order valence-electron chi connectivity index (χ3n) is 4.53. The topological polar surface area (TPSA) is 117 Å². The van der Waals surface area contributed by atoms with Crippen LogP contribution >= 0.6 is 0 Å². The third-order valence-corrected chi connectivity index (χ3v) is 4.53. The lowest BCUT2D eigenvalue weighted by molar-refractivity contribution is -0.159. The van der Waals surface area contributed by atoms with Crippen molar-refractivity contribution in [3.8, 4) is 0 Å². The maximum atomic E-state index is 12.1. The molecule has 0 amide bonds. The molecule has 8 nitrogen and oxygen atoms in total. The Bertz CT molecular complexity index is 667. The van der Waals surface area contributed by atoms with Gasteiger partial charge in [-0.3, -0.25) is 9.36 Å². The molecule has 0 unspecified atom stereocenters. The first-order valence-corrected chi connectivity index (χ1v) is 7.70. The number of ether oxygens (including phenoxy) is 2. The van der Waals surface area contributed by atoms with Gasteiger partial charge in [-0.05, 0) is 18.9 Å². The molecular formula is C15H21N3O5. The number of hydrogen-bond donors (Lipinski definition) is 2. The minimum atomic E-state index is -0.658. The predicted octanol–water partition coefficient (Wildman–Crippen LogP) is 0.0632. The van der Waals surface area contributed by atoms with Gasteiger partial charge in [0.15, 0.2) is 0 Å². The number of carbonyl (C=O) groups excluding carboxylic acids is 1. The zero-order valence-electron chi connectivity index (χ0n) is 13.1. The second-order valence-electron chi connectivity index (χ2n) is 6.50. The van der Waals surface area contributed by atoms with Crippen molar-refractivity contribution in [3.63, 3.8) is 0 Å². The lowest BCUT2D eigenvalue weighted by Crippen LogP contribution is -2.38. The first kappa shape index (κ1) is 15.9. The van der Waals surface area contributed by atoms with Crippen LogP contribution in [0.5, 0.6) is 0 Å². The summed E-state index contributed by atoms with van der Waals surface area (Å²) < 4.78 is 12.8. The molecule has 3 atom stereocenters. The van der Waals surface area contributed by atoms with Crippen LogP contribution in [0.4, 0.5) is 5.82 Å². The molecule has 1 aliphatic carbocycles. The van der Waals surface area contributed by atoms with E-state index in [4.69, 9.17) is 15.2 Å². The summed E-state index contributed by atoms with van der Waals surface area (Å²) in [4.78, 5) is 27.8. The molecule has 8 heteroatoms. The number of nitrogens with zero attached hydrogens (tertiary/aromatic N) is 2. The van der Waals surface area contributed by atoms with E-state index >= 15 is 0 Å². The highest BCUT2D eigenvalue weighted by atomic mass is 16.6. The lowest BCUT2D eigenvalue weighted by atomic mass is 9.96. The number of nitrogens with two attached hydrogens (primary N) is 1. The minimum absolute atomic E-state index is 0.135. The summed E-state index contributed by atoms with van der Waals surface area (Å²) in [5, 5.41) is 9.59. The SMILES string of the molecule is CC(C)C(=O)O[C@@H]1[C@@H](CO)O[C@@H](n2ccc(N)nc2=O)C12CC2. The smallest absolute Gasteiger partial charge is 0.351 e. The van der Waals surface area contributed by atoms with E-state index in [-0.39, 0.29) is 24.3 Å². The highest BCUT2D eigenvalue weighted by Gasteiger charge is 2.66. The molecule has 1 aromatic rings. The standard InChI is InChI=1S/C15H21N3O5/c1-8(2)12(20)23-11-9(7-19)22-13(15(11)4-5-15)18-6-3-10(16)17-14(18)21/h3,6,8-9,11,13,19H,4-5,7H2,1-2H3,(H2,16,17,21)/t9-,11-,13-/m1/s1. The maximum absolute atomic E-state index is 12.1. The van der Waals surface area contributed by atoms with Gasteiger partial charge in [0.2, 0.25) is 0 Å². The molecule has 1 saturated carbocycles. The fourth-order valence-electron chi connectivity index (χ4n) is 3.10. The molecule has 2 aliphatic rings. The molecule has 1 spiro atoms. The van der Waals surface area contributed by atoms with Crippen molar-refractivity contribution in [2.24, 2.45) is 11.3 Å². The van der Waals surface area contributed by atoms with Crippen molar-refractivity contribution in [2.45, 2.75) is 45.1 Å². The van der Waals surface area contributed by atoms with Crippen molar-refractivity contribution < 1.29 is 19.4 Å². The molecule has 2 heterocycles. The fraction of sp³-hybridized carbons (Fsp3) is 0.667. The first-order chi connectivity index (χ1) is 10.9. The molecule has 0 radical (unpaired) electrons. The highest BCUT2D eigenvalue weighted by molar-refractivity contribution is 5.71. The van der Waals surface area contributed by atoms with Gasteiger partial charge < -0.3 is 20.3 Å². The predicted molar refractivity (Wildman–Crippen MR) is 80.3 cm³/mol. The molecule has 0 aromatic carbocycles. The molecule has 3 N–H and O–H groups in total. The number of nitrogen functional groups attached to an aromatic ring is 1. The van der Waals surface area contributed by atoms with Crippen molar-refractivity contribution in [1.82, 2.24) is 9.55 Å². The van der Waals surface area contributed by atoms with Gasteiger partial charge in [0, 0.05) is 6.20 Å². The van der Waals surface area contributed by atoms with E-state index in [0.717, 1.165) is 12.8 Å². The Morgan fingerprint density at radius 3 is 2.83 bits per heavy atom. The van der Waals surface area contributed by atoms with Crippen LogP contribution in [0.15, 0.2) is 17.1 Å². The Balaban J connectivity index is 1.92. The van der Waals surface area contributed by atoms with E-state index in [0.29, 0.717) is 0 Å². The van der Waals surface area contributed by atoms with E-state index in [1.54, 1.807) is 13.8 Å². The zero-order valence-corrected chi connectivity index (χ0v) is 13.1. The summed E-state index contributed by atoms with van der Waals surface area (Å²) in [6, 6.07) is 1.52. The van der Waals surface area contributed by atoms with E-state index in [1.165, 1.54) is 16.8 Å². The fourth-order valence-corrected chi connectivity index (χ4v) is 3.10. The average molecular weight is 323 g/mol. The van der Waals surface area contributed by atoms with Gasteiger partial charge in [-0.2, -0.15) is 4.98 Å². The number of esters is 1. The number of aliphatic hydroxyl groups excluding tert-OH is 1. The largest absolute Gasteiger partial charge is 0.459 e. The quantitative estimate of drug-likeness (QED) is 0.753. The minimum Gasteiger partial charge on any atom is -0.459 e. The molecule has 126 valence electrons. The van der Waals surface area contributed by atoms with Crippen molar-refractivity contribution in [1.29, 1.82) is 0 Å². The molecule has 23 heavy (non-hydrogen) atoms. The van der Waals surface area contributed by atoms with Gasteiger partial charge >= 0.3 is 11.7 Å². The van der Waals surface area contributed by atoms with Gasteiger partial charge in [-0.15, -0.1) is 0 Å². The summed E-state index contributed by atoms with van der Waals surface area (Å²) in [7, 11) is 0. The third kappa shape index (κ3) is 2.61. The number of aliphatic hydroxyl groups is 1. The number of aromatic nitrogens is 2. The van der Waals surface area contributed by atoms with E-state index in [2.05, 4.69) is 4.98 Å². The number of hydrogen-bond acceptors (Lipinski definition) is 7. The first-order valence-electron chi connectivity index (χ1n) is 7.70. The Morgan fingerprint density at radius 2 is 2.30 bits per heavy atom. The number of carbonyl (C=O) groups is 1. The lowest BCUT2D eigenvalue weighted by Gasteiger charge is -2.24. The van der Waals surface area contributed by atoms with E-state index in [9.17, 15) is 14.7 Å². The summed E-state index contributed by atoms with van der Waals surface area (Å²) >= 11 is 0. The van der Waals surface area contributed by atoms with Crippen molar-refractivity contribution >= 4 is 11.8 Å². The van der Waals surface area contributed by atoms with Crippen LogP contribution < -0.4 is 11.4 Å². The molecule has 3 rings (SSSR count). The normalized spacial score (nSPS) is 28.3. The van der Waals surface area contributed by atoms with E-state index < -0.39 is 29.5 Å². The molecule has 1 aromatic heterocycles. The number of anilines is 1. The van der Waals surface area contributed by atoms with Crippen molar-refractivity contribution in [3.05, 3.63) is 22.7 Å². The van der Waals surface area contributed by atoms with Crippen LogP contribution in [0, 0.1) is 11.3 Å². The molecule has 2 fully saturated rings. The Kier molecular flexibility index (Phi) is 3.89. The Hall–Kier alpha value is -1.93. The van der Waals surface area contributed by atoms with Crippen LogP contribution in [0.1, 0.15) is 32.9 Å². The van der Waals surface area contributed by atoms with Crippen LogP contribution in [0.2, 0.25) is 0 Å². The van der Waals surface area contributed by atoms with Gasteiger partial charge in [0.05, 0.1) is 17.9 Å². The molecule has 0 bridgehead atoms. The summed E-state index contributed by atoms with van der Waals surface area (Å²) in [6.07, 6.45) is 1.18. The average Bonchev–Trinajstić information content (AvgIpc) is 3.22. The highest BCUT2D eigenvalue weighted by Crippen LogP contribution is 2.63. The summed E-state index contributed by atoms with van der Waals surface area (Å²) in [5.41, 5.74) is 4.51. The van der Waals surface area contributed by atoms with Gasteiger partial charge in [-0.1, -0.05) is 13.8 Å². The Labute approximate surface area is 133 Å². The Morgan fingerprint density at radius 1 is 1.61 bits per heavy atom. The monoisotopic (exact) mass is 323 g/mol. The molecule has 1 saturated heterocycles. The van der Waals surface area contributed by atoms with E-state index in [1.807, 2.05) is 0 Å². The second kappa shape index (κ2) is 5.61. The van der Waals surface area contributed by atoms with Gasteiger partial charge in [0.1, 0.15) is 24.3 Å². The van der Waals surface area contributed by atoms with Crippen LogP contribution in [0.3, 0.4) is 0 Å². The zero-order chi connectivity index (χ0) is 16.8. The van der Waals surface area contributed by atoms with Gasteiger partial charge in [-0.25, -0.2) is 4.79 Å². The van der Waals surface area contributed by atoms with Gasteiger partial charge in [0.25, 0.3) is 0 Å². The molecular weight excluding hydrogens is 302 g/mol. The van der Waals surface area contributed by atoms with Crippen LogP contribution in [-0.4, -0.2) is 39.4 Å².